The van der Waals surface area contributed by atoms with Gasteiger partial charge in [0.1, 0.15) is 0 Å². The Morgan fingerprint density at radius 2 is 1.71 bits per heavy atom. The van der Waals surface area contributed by atoms with E-state index in [-0.39, 0.29) is 43.9 Å². The third kappa shape index (κ3) is 3.56. The molecule has 3 rings (SSSR count). The summed E-state index contributed by atoms with van der Waals surface area (Å²) in [5, 5.41) is 0. The molecule has 1 heterocycles. The molecule has 24 heavy (non-hydrogen) atoms. The zero-order chi connectivity index (χ0) is 16.9. The van der Waals surface area contributed by atoms with Gasteiger partial charge in [-0.2, -0.15) is 0 Å². The van der Waals surface area contributed by atoms with Crippen LogP contribution in [0.3, 0.4) is 0 Å². The first kappa shape index (κ1) is 17.2. The van der Waals surface area contributed by atoms with Crippen molar-refractivity contribution < 1.29 is 14.3 Å². The molecule has 1 saturated heterocycles. The van der Waals surface area contributed by atoms with Crippen molar-refractivity contribution in [3.05, 3.63) is 66.2 Å². The van der Waals surface area contributed by atoms with Crippen LogP contribution in [-0.4, -0.2) is 34.1 Å². The first-order valence-electron chi connectivity index (χ1n) is 8.24. The third-order valence-corrected chi connectivity index (χ3v) is 7.35. The van der Waals surface area contributed by atoms with Gasteiger partial charge < -0.3 is 0 Å². The molecule has 0 N–H and O–H groups in total. The summed E-state index contributed by atoms with van der Waals surface area (Å²) in [5.41, 5.74) is 1.05. The molecule has 4 heteroatoms. The number of hydrogen-bond acceptors (Lipinski definition) is 3. The molecule has 0 aromatic heterocycles. The summed E-state index contributed by atoms with van der Waals surface area (Å²) in [7, 11) is 1.47. The van der Waals surface area contributed by atoms with E-state index in [4.69, 9.17) is 9.47 Å². The molecule has 0 radical (unpaired) electrons. The Bertz CT molecular complexity index is 659. The first-order chi connectivity index (χ1) is 11.7. The predicted molar refractivity (Wildman–Crippen MR) is 95.4 cm³/mol. The SMILES string of the molecule is CC[C@@H]1O[C@@H](c2ccccc2)[C@@H](C(=O)OC)[C@H]1[Se]c1ccccc1. The average Bonchev–Trinajstić information content (AvgIpc) is 3.01. The van der Waals surface area contributed by atoms with Crippen molar-refractivity contribution >= 4 is 25.4 Å². The molecular formula is C20H22O3Se. The van der Waals surface area contributed by atoms with E-state index in [0.29, 0.717) is 0 Å². The summed E-state index contributed by atoms with van der Waals surface area (Å²) in [6, 6.07) is 20.4. The first-order valence-corrected chi connectivity index (χ1v) is 10.1. The monoisotopic (exact) mass is 390 g/mol. The van der Waals surface area contributed by atoms with Crippen molar-refractivity contribution in [2.45, 2.75) is 30.4 Å². The van der Waals surface area contributed by atoms with Crippen molar-refractivity contribution in [3.63, 3.8) is 0 Å². The van der Waals surface area contributed by atoms with Crippen LogP contribution < -0.4 is 4.46 Å². The van der Waals surface area contributed by atoms with Gasteiger partial charge in [0.25, 0.3) is 0 Å². The second-order valence-corrected chi connectivity index (χ2v) is 8.48. The molecule has 0 saturated carbocycles. The summed E-state index contributed by atoms with van der Waals surface area (Å²) < 4.78 is 12.8. The molecule has 2 aromatic carbocycles. The molecule has 1 aliphatic heterocycles. The van der Waals surface area contributed by atoms with Crippen LogP contribution in [0, 0.1) is 5.92 Å². The fraction of sp³-hybridized carbons (Fsp3) is 0.350. The average molecular weight is 389 g/mol. The minimum absolute atomic E-state index is 0.0829. The Labute approximate surface area is 149 Å². The van der Waals surface area contributed by atoms with E-state index >= 15 is 0 Å². The van der Waals surface area contributed by atoms with Gasteiger partial charge in [0.2, 0.25) is 0 Å². The molecule has 2 aromatic rings. The summed E-state index contributed by atoms with van der Waals surface area (Å²) in [4.78, 5) is 12.8. The van der Waals surface area contributed by atoms with E-state index in [9.17, 15) is 4.79 Å². The van der Waals surface area contributed by atoms with E-state index in [1.807, 2.05) is 36.4 Å². The Kier molecular flexibility index (Phi) is 5.72. The van der Waals surface area contributed by atoms with Crippen molar-refractivity contribution in [1.82, 2.24) is 0 Å². The summed E-state index contributed by atoms with van der Waals surface area (Å²) in [6.07, 6.45) is 0.759. The van der Waals surface area contributed by atoms with E-state index in [1.54, 1.807) is 0 Å². The van der Waals surface area contributed by atoms with Crippen LogP contribution in [-0.2, 0) is 14.3 Å². The number of methoxy groups -OCH3 is 1. The molecule has 0 bridgehead atoms. The van der Waals surface area contributed by atoms with Crippen molar-refractivity contribution in [1.29, 1.82) is 0 Å². The molecule has 0 spiro atoms. The Morgan fingerprint density at radius 1 is 1.08 bits per heavy atom. The minimum atomic E-state index is -0.248. The quantitative estimate of drug-likeness (QED) is 0.582. The molecule has 1 fully saturated rings. The molecule has 0 aliphatic carbocycles. The number of hydrogen-bond donors (Lipinski definition) is 0. The number of carbonyl (C=O) groups excluding carboxylic acids is 1. The molecule has 0 amide bonds. The second kappa shape index (κ2) is 7.98. The number of ether oxygens (including phenoxy) is 2. The number of esters is 1. The molecule has 3 nitrogen and oxygen atoms in total. The molecule has 126 valence electrons. The summed E-state index contributed by atoms with van der Waals surface area (Å²) in [5.74, 6) is -0.412. The Hall–Kier alpha value is -1.61. The molecular weight excluding hydrogens is 367 g/mol. The molecule has 4 atom stereocenters. The van der Waals surface area contributed by atoms with Gasteiger partial charge in [0, 0.05) is 0 Å². The van der Waals surface area contributed by atoms with E-state index in [1.165, 1.54) is 11.6 Å². The van der Waals surface area contributed by atoms with Gasteiger partial charge >= 0.3 is 149 Å². The predicted octanol–water partition coefficient (Wildman–Crippen LogP) is 3.14. The number of benzene rings is 2. The van der Waals surface area contributed by atoms with E-state index in [2.05, 4.69) is 31.2 Å². The van der Waals surface area contributed by atoms with Gasteiger partial charge in [-0.05, 0) is 0 Å². The fourth-order valence-electron chi connectivity index (χ4n) is 3.21. The van der Waals surface area contributed by atoms with Crippen LogP contribution >= 0.6 is 0 Å². The van der Waals surface area contributed by atoms with Crippen LogP contribution in [0.4, 0.5) is 0 Å². The molecule has 0 unspecified atom stereocenters. The van der Waals surface area contributed by atoms with Gasteiger partial charge in [-0.3, -0.25) is 0 Å². The van der Waals surface area contributed by atoms with Crippen molar-refractivity contribution in [2.24, 2.45) is 5.92 Å². The van der Waals surface area contributed by atoms with Crippen molar-refractivity contribution in [3.8, 4) is 0 Å². The van der Waals surface area contributed by atoms with E-state index < -0.39 is 0 Å². The number of carbonyl (C=O) groups is 1. The van der Waals surface area contributed by atoms with Crippen LogP contribution in [0.5, 0.6) is 0 Å². The van der Waals surface area contributed by atoms with Crippen LogP contribution in [0.25, 0.3) is 0 Å². The second-order valence-electron chi connectivity index (χ2n) is 5.86. The standard InChI is InChI=1S/C20H22O3Se/c1-3-16-19(24-15-12-8-5-9-13-15)17(20(21)22-2)18(23-16)14-10-6-4-7-11-14/h4-13,16-19H,3H2,1-2H3/t16-,17+,18-,19-/m0/s1. The fourth-order valence-corrected chi connectivity index (χ4v) is 6.23. The number of rotatable bonds is 5. The summed E-state index contributed by atoms with van der Waals surface area (Å²) in [6.45, 7) is 2.13. The third-order valence-electron chi connectivity index (χ3n) is 4.39. The topological polar surface area (TPSA) is 35.5 Å². The Balaban J connectivity index is 1.93. The maximum absolute atomic E-state index is 12.6. The van der Waals surface area contributed by atoms with Gasteiger partial charge in [0.05, 0.1) is 0 Å². The van der Waals surface area contributed by atoms with Gasteiger partial charge in [-0.15, -0.1) is 0 Å². The Morgan fingerprint density at radius 3 is 2.29 bits per heavy atom. The van der Waals surface area contributed by atoms with Crippen molar-refractivity contribution in [2.75, 3.05) is 7.11 Å². The van der Waals surface area contributed by atoms with E-state index in [0.717, 1.165) is 12.0 Å². The normalized spacial score (nSPS) is 26.2. The van der Waals surface area contributed by atoms with Gasteiger partial charge in [-0.25, -0.2) is 0 Å². The van der Waals surface area contributed by atoms with Gasteiger partial charge in [-0.1, -0.05) is 0 Å². The zero-order valence-electron chi connectivity index (χ0n) is 13.9. The van der Waals surface area contributed by atoms with Gasteiger partial charge in [0.15, 0.2) is 0 Å². The summed E-state index contributed by atoms with van der Waals surface area (Å²) >= 11 is 0.157. The molecule has 1 aliphatic rings. The van der Waals surface area contributed by atoms with Crippen LogP contribution in [0.15, 0.2) is 60.7 Å². The van der Waals surface area contributed by atoms with Crippen LogP contribution in [0.1, 0.15) is 25.0 Å². The zero-order valence-corrected chi connectivity index (χ0v) is 15.6. The maximum atomic E-state index is 12.6. The van der Waals surface area contributed by atoms with Crippen LogP contribution in [0.2, 0.25) is 4.82 Å².